The largest absolute Gasteiger partial charge is 0.329 e. The summed E-state index contributed by atoms with van der Waals surface area (Å²) in [5.41, 5.74) is 8.10. The van der Waals surface area contributed by atoms with Gasteiger partial charge in [0.25, 0.3) is 0 Å². The van der Waals surface area contributed by atoms with Crippen molar-refractivity contribution in [2.45, 2.75) is 12.5 Å². The Labute approximate surface area is 71.7 Å². The second-order valence-corrected chi connectivity index (χ2v) is 3.20. The van der Waals surface area contributed by atoms with Gasteiger partial charge in [0.2, 0.25) is 0 Å². The maximum atomic E-state index is 5.63. The third kappa shape index (κ3) is 1.13. The average molecular weight is 166 g/mol. The van der Waals surface area contributed by atoms with Gasteiger partial charge in [-0.05, 0) is 0 Å². The van der Waals surface area contributed by atoms with Crippen LogP contribution in [0.15, 0.2) is 6.20 Å². The molecule has 0 aromatic carbocycles. The number of nitrogens with zero attached hydrogens (tertiary/aromatic N) is 2. The van der Waals surface area contributed by atoms with Crippen LogP contribution < -0.4 is 11.1 Å². The molecule has 1 aliphatic heterocycles. The first-order valence-electron chi connectivity index (χ1n) is 4.27. The third-order valence-corrected chi connectivity index (χ3v) is 2.30. The highest BCUT2D eigenvalue weighted by Crippen LogP contribution is 2.19. The van der Waals surface area contributed by atoms with E-state index in [0.717, 1.165) is 13.0 Å². The first-order valence-corrected chi connectivity index (χ1v) is 4.27. The molecule has 0 amide bonds. The minimum Gasteiger partial charge on any atom is -0.329 e. The van der Waals surface area contributed by atoms with Crippen LogP contribution in [0.1, 0.15) is 17.3 Å². The molecule has 0 spiro atoms. The molecule has 0 bridgehead atoms. The van der Waals surface area contributed by atoms with Gasteiger partial charge in [-0.1, -0.05) is 0 Å². The number of fused-ring (bicyclic) bond motifs is 1. The van der Waals surface area contributed by atoms with Crippen LogP contribution in [-0.2, 0) is 13.5 Å². The molecule has 1 aliphatic rings. The number of rotatable bonds is 1. The number of nitrogens with one attached hydrogen (secondary N) is 1. The number of hydrogen-bond donors (Lipinski definition) is 2. The summed E-state index contributed by atoms with van der Waals surface area (Å²) in [4.78, 5) is 0. The van der Waals surface area contributed by atoms with E-state index in [1.54, 1.807) is 0 Å². The van der Waals surface area contributed by atoms with Crippen molar-refractivity contribution in [2.75, 3.05) is 13.1 Å². The molecule has 0 saturated heterocycles. The lowest BCUT2D eigenvalue weighted by atomic mass is 10.0. The lowest BCUT2D eigenvalue weighted by molar-refractivity contribution is 0.510. The van der Waals surface area contributed by atoms with E-state index in [4.69, 9.17) is 5.73 Å². The molecule has 1 unspecified atom stereocenters. The predicted molar refractivity (Wildman–Crippen MR) is 46.7 cm³/mol. The first kappa shape index (κ1) is 7.76. The summed E-state index contributed by atoms with van der Waals surface area (Å²) in [6, 6.07) is 0.308. The van der Waals surface area contributed by atoms with Gasteiger partial charge in [-0.3, -0.25) is 4.68 Å². The minimum atomic E-state index is 0.308. The SMILES string of the molecule is Cn1cc2c(n1)CCNC2CN. The van der Waals surface area contributed by atoms with Crippen molar-refractivity contribution in [3.05, 3.63) is 17.5 Å². The summed E-state index contributed by atoms with van der Waals surface area (Å²) >= 11 is 0. The minimum absolute atomic E-state index is 0.308. The first-order chi connectivity index (χ1) is 5.81. The fourth-order valence-corrected chi connectivity index (χ4v) is 1.72. The van der Waals surface area contributed by atoms with Crippen molar-refractivity contribution in [1.82, 2.24) is 15.1 Å². The van der Waals surface area contributed by atoms with Gasteiger partial charge in [-0.25, -0.2) is 0 Å². The Morgan fingerprint density at radius 2 is 2.67 bits per heavy atom. The smallest absolute Gasteiger partial charge is 0.0685 e. The van der Waals surface area contributed by atoms with Crippen LogP contribution in [0.4, 0.5) is 0 Å². The Bertz CT molecular complexity index is 279. The average Bonchev–Trinajstić information content (AvgIpc) is 2.44. The number of aromatic nitrogens is 2. The standard InChI is InChI=1S/C8H14N4/c1-12-5-6-7(11-12)2-3-10-8(6)4-9/h5,8,10H,2-4,9H2,1H3. The van der Waals surface area contributed by atoms with Crippen molar-refractivity contribution in [2.24, 2.45) is 12.8 Å². The maximum absolute atomic E-state index is 5.63. The Morgan fingerprint density at radius 1 is 1.83 bits per heavy atom. The van der Waals surface area contributed by atoms with Crippen molar-refractivity contribution < 1.29 is 0 Å². The Balaban J connectivity index is 2.36. The molecule has 1 aromatic heterocycles. The fraction of sp³-hybridized carbons (Fsp3) is 0.625. The van der Waals surface area contributed by atoms with Crippen molar-refractivity contribution in [3.63, 3.8) is 0 Å². The van der Waals surface area contributed by atoms with Gasteiger partial charge in [0, 0.05) is 44.4 Å². The van der Waals surface area contributed by atoms with Crippen LogP contribution in [0.3, 0.4) is 0 Å². The van der Waals surface area contributed by atoms with Gasteiger partial charge in [0.15, 0.2) is 0 Å². The summed E-state index contributed by atoms with van der Waals surface area (Å²) < 4.78 is 1.86. The predicted octanol–water partition coefficient (Wildman–Crippen LogP) is -0.434. The van der Waals surface area contributed by atoms with Gasteiger partial charge in [0.05, 0.1) is 5.69 Å². The second-order valence-electron chi connectivity index (χ2n) is 3.20. The summed E-state index contributed by atoms with van der Waals surface area (Å²) in [7, 11) is 1.95. The summed E-state index contributed by atoms with van der Waals surface area (Å²) in [6.45, 7) is 1.64. The number of aryl methyl sites for hydroxylation is 1. The van der Waals surface area contributed by atoms with Gasteiger partial charge < -0.3 is 11.1 Å². The van der Waals surface area contributed by atoms with Gasteiger partial charge in [-0.15, -0.1) is 0 Å². The molecular formula is C8H14N4. The molecule has 3 N–H and O–H groups in total. The zero-order chi connectivity index (χ0) is 8.55. The van der Waals surface area contributed by atoms with Gasteiger partial charge >= 0.3 is 0 Å². The van der Waals surface area contributed by atoms with Gasteiger partial charge in [0.1, 0.15) is 0 Å². The molecule has 0 saturated carbocycles. The van der Waals surface area contributed by atoms with Crippen LogP contribution in [0, 0.1) is 0 Å². The molecule has 0 aliphatic carbocycles. The van der Waals surface area contributed by atoms with Crippen LogP contribution >= 0.6 is 0 Å². The molecule has 2 heterocycles. The molecule has 66 valence electrons. The third-order valence-electron chi connectivity index (χ3n) is 2.30. The molecule has 0 radical (unpaired) electrons. The zero-order valence-corrected chi connectivity index (χ0v) is 7.25. The number of hydrogen-bond acceptors (Lipinski definition) is 3. The molecule has 12 heavy (non-hydrogen) atoms. The molecule has 4 nitrogen and oxygen atoms in total. The van der Waals surface area contributed by atoms with E-state index in [1.165, 1.54) is 11.3 Å². The highest BCUT2D eigenvalue weighted by molar-refractivity contribution is 5.24. The number of nitrogens with two attached hydrogens (primary N) is 1. The van der Waals surface area contributed by atoms with Crippen LogP contribution in [0.5, 0.6) is 0 Å². The summed E-state index contributed by atoms with van der Waals surface area (Å²) in [5, 5.41) is 7.73. The van der Waals surface area contributed by atoms with Crippen LogP contribution in [0.2, 0.25) is 0 Å². The molecule has 4 heteroatoms. The quantitative estimate of drug-likeness (QED) is 0.595. The summed E-state index contributed by atoms with van der Waals surface area (Å²) in [6.07, 6.45) is 3.08. The van der Waals surface area contributed by atoms with Gasteiger partial charge in [-0.2, -0.15) is 5.10 Å². The monoisotopic (exact) mass is 166 g/mol. The topological polar surface area (TPSA) is 55.9 Å². The van der Waals surface area contributed by atoms with Crippen LogP contribution in [0.25, 0.3) is 0 Å². The highest BCUT2D eigenvalue weighted by Gasteiger charge is 2.20. The van der Waals surface area contributed by atoms with Crippen molar-refractivity contribution >= 4 is 0 Å². The molecule has 1 aromatic rings. The lowest BCUT2D eigenvalue weighted by Crippen LogP contribution is -2.34. The zero-order valence-electron chi connectivity index (χ0n) is 7.25. The fourth-order valence-electron chi connectivity index (χ4n) is 1.72. The maximum Gasteiger partial charge on any atom is 0.0685 e. The van der Waals surface area contributed by atoms with E-state index < -0.39 is 0 Å². The second kappa shape index (κ2) is 2.88. The molecule has 1 atom stereocenters. The lowest BCUT2D eigenvalue weighted by Gasteiger charge is -2.21. The molecule has 0 fully saturated rings. The Hall–Kier alpha value is -0.870. The molecular weight excluding hydrogens is 152 g/mol. The Morgan fingerprint density at radius 3 is 3.42 bits per heavy atom. The van der Waals surface area contributed by atoms with E-state index in [2.05, 4.69) is 16.6 Å². The van der Waals surface area contributed by atoms with Crippen LogP contribution in [-0.4, -0.2) is 22.9 Å². The van der Waals surface area contributed by atoms with Crippen molar-refractivity contribution in [3.8, 4) is 0 Å². The van der Waals surface area contributed by atoms with E-state index in [1.807, 2.05) is 11.7 Å². The normalized spacial score (nSPS) is 22.3. The van der Waals surface area contributed by atoms with E-state index in [0.29, 0.717) is 12.6 Å². The van der Waals surface area contributed by atoms with E-state index >= 15 is 0 Å². The van der Waals surface area contributed by atoms with E-state index in [9.17, 15) is 0 Å². The molecule has 2 rings (SSSR count). The Kier molecular flexibility index (Phi) is 1.86. The highest BCUT2D eigenvalue weighted by atomic mass is 15.3. The van der Waals surface area contributed by atoms with Crippen molar-refractivity contribution in [1.29, 1.82) is 0 Å². The summed E-state index contributed by atoms with van der Waals surface area (Å²) in [5.74, 6) is 0. The van der Waals surface area contributed by atoms with E-state index in [-0.39, 0.29) is 0 Å².